The number of rotatable bonds is 6. The van der Waals surface area contributed by atoms with Crippen molar-refractivity contribution in [2.24, 2.45) is 0 Å². The molecule has 0 saturated carbocycles. The van der Waals surface area contributed by atoms with Crippen LogP contribution in [0.4, 0.5) is 0 Å². The van der Waals surface area contributed by atoms with E-state index in [0.29, 0.717) is 13.0 Å². The molecule has 0 saturated heterocycles. The van der Waals surface area contributed by atoms with E-state index in [1.54, 1.807) is 24.7 Å². The number of pyridine rings is 2. The topological polar surface area (TPSA) is 95.1 Å². The minimum atomic E-state index is -0.916. The van der Waals surface area contributed by atoms with Crippen LogP contribution in [-0.2, 0) is 17.8 Å². The Morgan fingerprint density at radius 1 is 1.52 bits per heavy atom. The first-order valence-electron chi connectivity index (χ1n) is 6.59. The van der Waals surface area contributed by atoms with Gasteiger partial charge < -0.3 is 10.1 Å². The van der Waals surface area contributed by atoms with Crippen LogP contribution < -0.4 is 10.9 Å². The Bertz CT molecular complexity index is 667. The van der Waals surface area contributed by atoms with Crippen molar-refractivity contribution in [3.05, 3.63) is 63.8 Å². The lowest BCUT2D eigenvalue weighted by Gasteiger charge is -2.15. The number of nitrogens with one attached hydrogen (secondary N) is 2. The van der Waals surface area contributed by atoms with Gasteiger partial charge >= 0.3 is 5.97 Å². The highest BCUT2D eigenvalue weighted by molar-refractivity contribution is 5.73. The zero-order valence-electron chi connectivity index (χ0n) is 11.7. The minimum absolute atomic E-state index is 0.165. The number of aliphatic carboxylic acids is 1. The zero-order valence-corrected chi connectivity index (χ0v) is 11.7. The molecule has 1 unspecified atom stereocenters. The first-order chi connectivity index (χ1) is 10.1. The molecular formula is C15H17N3O3. The van der Waals surface area contributed by atoms with Crippen molar-refractivity contribution in [3.63, 3.8) is 0 Å². The van der Waals surface area contributed by atoms with Gasteiger partial charge in [-0.15, -0.1) is 0 Å². The van der Waals surface area contributed by atoms with E-state index in [2.05, 4.69) is 15.3 Å². The molecule has 0 fully saturated rings. The van der Waals surface area contributed by atoms with Crippen LogP contribution in [-0.4, -0.2) is 27.1 Å². The number of nitrogens with zero attached hydrogens (tertiary/aromatic N) is 1. The zero-order chi connectivity index (χ0) is 15.2. The molecule has 0 aromatic carbocycles. The lowest BCUT2D eigenvalue weighted by molar-refractivity contribution is -0.139. The van der Waals surface area contributed by atoms with Crippen LogP contribution in [0.15, 0.2) is 41.6 Å². The lowest BCUT2D eigenvalue weighted by Crippen LogP contribution is -2.38. The Labute approximate surface area is 121 Å². The molecule has 0 aliphatic heterocycles. The Kier molecular flexibility index (Phi) is 4.84. The number of aromatic nitrogens is 2. The number of hydrogen-bond acceptors (Lipinski definition) is 4. The maximum Gasteiger partial charge on any atom is 0.321 e. The average molecular weight is 287 g/mol. The van der Waals surface area contributed by atoms with Gasteiger partial charge in [-0.1, -0.05) is 6.07 Å². The third kappa shape index (κ3) is 4.25. The maximum atomic E-state index is 11.3. The molecule has 0 amide bonds. The Morgan fingerprint density at radius 2 is 2.33 bits per heavy atom. The number of aryl methyl sites for hydroxylation is 1. The fraction of sp³-hybridized carbons (Fsp3) is 0.267. The summed E-state index contributed by atoms with van der Waals surface area (Å²) in [6, 6.07) is 4.41. The third-order valence-electron chi connectivity index (χ3n) is 3.24. The van der Waals surface area contributed by atoms with Gasteiger partial charge in [-0.2, -0.15) is 0 Å². The first kappa shape index (κ1) is 14.9. The third-order valence-corrected chi connectivity index (χ3v) is 3.24. The number of carboxylic acids is 1. The Morgan fingerprint density at radius 3 is 2.95 bits per heavy atom. The molecule has 6 heteroatoms. The van der Waals surface area contributed by atoms with E-state index in [9.17, 15) is 14.7 Å². The Hall–Kier alpha value is -2.47. The monoisotopic (exact) mass is 287 g/mol. The minimum Gasteiger partial charge on any atom is -0.480 e. The van der Waals surface area contributed by atoms with Gasteiger partial charge in [0.15, 0.2) is 0 Å². The number of carboxylic acid groups (broad SMARTS) is 1. The predicted octanol–water partition coefficient (Wildman–Crippen LogP) is 0.864. The predicted molar refractivity (Wildman–Crippen MR) is 78.0 cm³/mol. The van der Waals surface area contributed by atoms with Crippen LogP contribution in [0.1, 0.15) is 16.7 Å². The quantitative estimate of drug-likeness (QED) is 0.732. The molecule has 0 aliphatic rings. The maximum absolute atomic E-state index is 11.3. The molecule has 0 aliphatic carbocycles. The second-order valence-electron chi connectivity index (χ2n) is 4.84. The van der Waals surface area contributed by atoms with Crippen molar-refractivity contribution in [1.82, 2.24) is 15.3 Å². The van der Waals surface area contributed by atoms with Crippen LogP contribution >= 0.6 is 0 Å². The van der Waals surface area contributed by atoms with E-state index < -0.39 is 12.0 Å². The smallest absolute Gasteiger partial charge is 0.321 e. The summed E-state index contributed by atoms with van der Waals surface area (Å²) in [6.07, 6.45) is 5.26. The Balaban J connectivity index is 2.03. The number of hydrogen-bond donors (Lipinski definition) is 3. The van der Waals surface area contributed by atoms with E-state index in [1.807, 2.05) is 13.0 Å². The summed E-state index contributed by atoms with van der Waals surface area (Å²) >= 11 is 0. The average Bonchev–Trinajstić information content (AvgIpc) is 2.46. The van der Waals surface area contributed by atoms with Gasteiger partial charge in [0, 0.05) is 31.2 Å². The number of aromatic amines is 1. The van der Waals surface area contributed by atoms with Gasteiger partial charge in [0.2, 0.25) is 5.56 Å². The highest BCUT2D eigenvalue weighted by Gasteiger charge is 2.17. The fourth-order valence-corrected chi connectivity index (χ4v) is 2.03. The lowest BCUT2D eigenvalue weighted by atomic mass is 10.1. The van der Waals surface area contributed by atoms with Gasteiger partial charge in [0.25, 0.3) is 0 Å². The summed E-state index contributed by atoms with van der Waals surface area (Å²) in [4.78, 5) is 29.0. The SMILES string of the molecule is Cc1cc(=O)[nH]cc1CNC(Cc1cccnc1)C(=O)O. The van der Waals surface area contributed by atoms with Crippen molar-refractivity contribution in [3.8, 4) is 0 Å². The summed E-state index contributed by atoms with van der Waals surface area (Å²) in [5.74, 6) is -0.916. The van der Waals surface area contributed by atoms with Crippen LogP contribution in [0.5, 0.6) is 0 Å². The first-order valence-corrected chi connectivity index (χ1v) is 6.59. The van der Waals surface area contributed by atoms with Crippen LogP contribution in [0.25, 0.3) is 0 Å². The van der Waals surface area contributed by atoms with Gasteiger partial charge in [0.05, 0.1) is 0 Å². The van der Waals surface area contributed by atoms with Crippen molar-refractivity contribution < 1.29 is 9.90 Å². The van der Waals surface area contributed by atoms with Gasteiger partial charge in [-0.05, 0) is 36.1 Å². The van der Waals surface area contributed by atoms with Gasteiger partial charge in [-0.3, -0.25) is 19.9 Å². The molecular weight excluding hydrogens is 270 g/mol. The van der Waals surface area contributed by atoms with Crippen LogP contribution in [0.2, 0.25) is 0 Å². The number of carbonyl (C=O) groups is 1. The molecule has 3 N–H and O–H groups in total. The van der Waals surface area contributed by atoms with Crippen LogP contribution in [0, 0.1) is 6.92 Å². The molecule has 2 heterocycles. The van der Waals surface area contributed by atoms with E-state index >= 15 is 0 Å². The molecule has 0 radical (unpaired) electrons. The number of H-pyrrole nitrogens is 1. The second kappa shape index (κ2) is 6.81. The molecule has 110 valence electrons. The summed E-state index contributed by atoms with van der Waals surface area (Å²) in [5.41, 5.74) is 2.39. The molecule has 2 aromatic heterocycles. The second-order valence-corrected chi connectivity index (χ2v) is 4.84. The molecule has 21 heavy (non-hydrogen) atoms. The van der Waals surface area contributed by atoms with Crippen molar-refractivity contribution in [1.29, 1.82) is 0 Å². The van der Waals surface area contributed by atoms with E-state index in [1.165, 1.54) is 6.07 Å². The normalized spacial score (nSPS) is 12.0. The van der Waals surface area contributed by atoms with Gasteiger partial charge in [-0.25, -0.2) is 0 Å². The van der Waals surface area contributed by atoms with Crippen molar-refractivity contribution in [2.45, 2.75) is 25.9 Å². The van der Waals surface area contributed by atoms with E-state index in [-0.39, 0.29) is 5.56 Å². The summed E-state index contributed by atoms with van der Waals surface area (Å²) in [5, 5.41) is 12.3. The van der Waals surface area contributed by atoms with Crippen molar-refractivity contribution >= 4 is 5.97 Å². The summed E-state index contributed by atoms with van der Waals surface area (Å²) in [7, 11) is 0. The highest BCUT2D eigenvalue weighted by atomic mass is 16.4. The molecule has 0 spiro atoms. The molecule has 6 nitrogen and oxygen atoms in total. The standard InChI is InChI=1S/C15H17N3O3/c1-10-5-14(19)18-9-12(10)8-17-13(15(20)21)6-11-3-2-4-16-7-11/h2-5,7,9,13,17H,6,8H2,1H3,(H,18,19)(H,20,21). The molecule has 0 bridgehead atoms. The highest BCUT2D eigenvalue weighted by Crippen LogP contribution is 2.06. The van der Waals surface area contributed by atoms with E-state index in [4.69, 9.17) is 0 Å². The van der Waals surface area contributed by atoms with Gasteiger partial charge in [0.1, 0.15) is 6.04 Å². The molecule has 2 rings (SSSR count). The molecule has 2 aromatic rings. The van der Waals surface area contributed by atoms with Crippen LogP contribution in [0.3, 0.4) is 0 Å². The molecule has 1 atom stereocenters. The largest absolute Gasteiger partial charge is 0.480 e. The fourth-order valence-electron chi connectivity index (χ4n) is 2.03. The summed E-state index contributed by atoms with van der Waals surface area (Å²) < 4.78 is 0. The van der Waals surface area contributed by atoms with Crippen molar-refractivity contribution in [2.75, 3.05) is 0 Å². The van der Waals surface area contributed by atoms with E-state index in [0.717, 1.165) is 16.7 Å². The summed E-state index contributed by atoms with van der Waals surface area (Å²) in [6.45, 7) is 2.20.